The Bertz CT molecular complexity index is 799. The summed E-state index contributed by atoms with van der Waals surface area (Å²) < 4.78 is 29.9. The zero-order valence-corrected chi connectivity index (χ0v) is 18.2. The topological polar surface area (TPSA) is 67.6 Å². The molecule has 1 aliphatic rings. The number of nitrogens with one attached hydrogen (secondary N) is 1. The highest BCUT2D eigenvalue weighted by molar-refractivity contribution is 5.85. The summed E-state index contributed by atoms with van der Waals surface area (Å²) in [4.78, 5) is 14.6. The molecule has 9 heteroatoms. The Labute approximate surface area is 187 Å². The van der Waals surface area contributed by atoms with Gasteiger partial charge in [0.25, 0.3) is 0 Å². The van der Waals surface area contributed by atoms with Gasteiger partial charge in [-0.1, -0.05) is 49.4 Å². The van der Waals surface area contributed by atoms with E-state index in [1.54, 1.807) is 18.2 Å². The fourth-order valence-corrected chi connectivity index (χ4v) is 3.47. The van der Waals surface area contributed by atoms with E-state index in [9.17, 15) is 13.6 Å². The summed E-state index contributed by atoms with van der Waals surface area (Å²) in [5.74, 6) is -0.352. The van der Waals surface area contributed by atoms with Crippen molar-refractivity contribution in [1.82, 2.24) is 5.32 Å². The number of hydrogen-bond acceptors (Lipinski definition) is 4. The van der Waals surface area contributed by atoms with Gasteiger partial charge in [-0.15, -0.1) is 24.8 Å². The van der Waals surface area contributed by atoms with Crippen molar-refractivity contribution in [3.8, 4) is 5.75 Å². The number of hydrogen-bond donors (Lipinski definition) is 2. The maximum atomic E-state index is 12.6. The molecular formula is C21H27Cl2F2N3O2. The molecule has 0 saturated carbocycles. The van der Waals surface area contributed by atoms with Gasteiger partial charge in [-0.05, 0) is 24.1 Å². The first-order chi connectivity index (χ1) is 13.5. The fourth-order valence-electron chi connectivity index (χ4n) is 3.47. The van der Waals surface area contributed by atoms with E-state index in [1.807, 2.05) is 42.2 Å². The lowest BCUT2D eigenvalue weighted by molar-refractivity contribution is -0.125. The molecule has 0 spiro atoms. The van der Waals surface area contributed by atoms with E-state index >= 15 is 0 Å². The number of anilines is 1. The van der Waals surface area contributed by atoms with Crippen LogP contribution in [0.1, 0.15) is 24.9 Å². The third-order valence-corrected chi connectivity index (χ3v) is 5.09. The van der Waals surface area contributed by atoms with E-state index in [0.717, 1.165) is 12.0 Å². The predicted octanol–water partition coefficient (Wildman–Crippen LogP) is 4.16. The molecule has 1 saturated heterocycles. The molecule has 1 aliphatic heterocycles. The minimum absolute atomic E-state index is 0. The highest BCUT2D eigenvalue weighted by atomic mass is 35.5. The van der Waals surface area contributed by atoms with Crippen LogP contribution in [0.4, 0.5) is 14.5 Å². The van der Waals surface area contributed by atoms with Crippen LogP contribution < -0.4 is 20.7 Å². The summed E-state index contributed by atoms with van der Waals surface area (Å²) >= 11 is 0. The number of rotatable bonds is 7. The van der Waals surface area contributed by atoms with Crippen molar-refractivity contribution in [3.05, 3.63) is 60.2 Å². The van der Waals surface area contributed by atoms with Crippen molar-refractivity contribution in [3.63, 3.8) is 0 Å². The molecule has 1 fully saturated rings. The van der Waals surface area contributed by atoms with E-state index < -0.39 is 6.61 Å². The second kappa shape index (κ2) is 11.9. The smallest absolute Gasteiger partial charge is 0.387 e. The molecule has 30 heavy (non-hydrogen) atoms. The molecule has 0 bridgehead atoms. The Morgan fingerprint density at radius 2 is 1.77 bits per heavy atom. The van der Waals surface area contributed by atoms with Crippen molar-refractivity contribution in [1.29, 1.82) is 0 Å². The first-order valence-corrected chi connectivity index (χ1v) is 9.35. The Morgan fingerprint density at radius 1 is 1.13 bits per heavy atom. The Morgan fingerprint density at radius 3 is 2.43 bits per heavy atom. The van der Waals surface area contributed by atoms with E-state index in [0.29, 0.717) is 18.8 Å². The molecule has 3 unspecified atom stereocenters. The van der Waals surface area contributed by atoms with E-state index in [4.69, 9.17) is 5.73 Å². The van der Waals surface area contributed by atoms with Gasteiger partial charge in [-0.3, -0.25) is 4.79 Å². The molecule has 2 aromatic carbocycles. The number of carbonyl (C=O) groups is 1. The Balaban J connectivity index is 0.00000225. The van der Waals surface area contributed by atoms with Gasteiger partial charge in [0.05, 0.1) is 11.6 Å². The molecular weight excluding hydrogens is 435 g/mol. The number of nitrogens with two attached hydrogens (primary N) is 1. The van der Waals surface area contributed by atoms with Gasteiger partial charge in [0.15, 0.2) is 0 Å². The predicted molar refractivity (Wildman–Crippen MR) is 119 cm³/mol. The van der Waals surface area contributed by atoms with Crippen molar-refractivity contribution >= 4 is 36.4 Å². The van der Waals surface area contributed by atoms with Gasteiger partial charge >= 0.3 is 6.61 Å². The molecule has 1 heterocycles. The second-order valence-electron chi connectivity index (χ2n) is 7.01. The minimum Gasteiger partial charge on any atom is -0.433 e. The van der Waals surface area contributed by atoms with Crippen LogP contribution in [-0.2, 0) is 4.79 Å². The molecule has 1 amide bonds. The van der Waals surface area contributed by atoms with Crippen molar-refractivity contribution in [2.75, 3.05) is 18.0 Å². The lowest BCUT2D eigenvalue weighted by Gasteiger charge is -2.24. The summed E-state index contributed by atoms with van der Waals surface area (Å²) in [6.45, 7) is 0.113. The zero-order chi connectivity index (χ0) is 20.1. The summed E-state index contributed by atoms with van der Waals surface area (Å²) in [5, 5.41) is 3.04. The maximum Gasteiger partial charge on any atom is 0.387 e. The minimum atomic E-state index is -2.88. The first kappa shape index (κ1) is 25.9. The molecule has 0 radical (unpaired) electrons. The molecule has 3 atom stereocenters. The Hall–Kier alpha value is -2.09. The second-order valence-corrected chi connectivity index (χ2v) is 7.01. The molecule has 3 rings (SSSR count). The van der Waals surface area contributed by atoms with Crippen molar-refractivity contribution in [2.45, 2.75) is 32.0 Å². The van der Waals surface area contributed by atoms with Gasteiger partial charge in [0, 0.05) is 25.2 Å². The van der Waals surface area contributed by atoms with E-state index in [-0.39, 0.29) is 54.5 Å². The molecule has 0 aromatic heterocycles. The standard InChI is InChI=1S/C21H25F2N3O2.2ClH/c1-14(19(24)15-7-3-2-4-8-15)20(27)25-16-11-12-26(13-16)17-9-5-6-10-18(17)28-21(22)23;;/h2-10,14,16,19,21H,11-13,24H2,1H3,(H,25,27);2*1H. The number of alkyl halides is 2. The van der Waals surface area contributed by atoms with E-state index in [1.165, 1.54) is 6.07 Å². The summed E-state index contributed by atoms with van der Waals surface area (Å²) in [5.41, 5.74) is 7.76. The summed E-state index contributed by atoms with van der Waals surface area (Å²) in [6, 6.07) is 15.8. The highest BCUT2D eigenvalue weighted by Crippen LogP contribution is 2.32. The van der Waals surface area contributed by atoms with Crippen LogP contribution in [0, 0.1) is 5.92 Å². The van der Waals surface area contributed by atoms with Crippen LogP contribution in [-0.4, -0.2) is 31.7 Å². The van der Waals surface area contributed by atoms with Gasteiger partial charge in [-0.25, -0.2) is 0 Å². The van der Waals surface area contributed by atoms with Crippen molar-refractivity contribution in [2.24, 2.45) is 11.7 Å². The fraction of sp³-hybridized carbons (Fsp3) is 0.381. The highest BCUT2D eigenvalue weighted by Gasteiger charge is 2.29. The molecule has 2 aromatic rings. The monoisotopic (exact) mass is 461 g/mol. The van der Waals surface area contributed by atoms with Crippen molar-refractivity contribution < 1.29 is 18.3 Å². The van der Waals surface area contributed by atoms with Crippen LogP contribution in [0.2, 0.25) is 0 Å². The summed E-state index contributed by atoms with van der Waals surface area (Å²) in [6.07, 6.45) is 0.724. The average molecular weight is 462 g/mol. The van der Waals surface area contributed by atoms with Gasteiger partial charge < -0.3 is 20.7 Å². The SMILES string of the molecule is CC(C(=O)NC1CCN(c2ccccc2OC(F)F)C1)C(N)c1ccccc1.Cl.Cl. The molecule has 5 nitrogen and oxygen atoms in total. The number of halogens is 4. The normalized spacial score (nSPS) is 17.5. The van der Waals surface area contributed by atoms with Crippen LogP contribution in [0.3, 0.4) is 0 Å². The average Bonchev–Trinajstić information content (AvgIpc) is 3.15. The number of carbonyl (C=O) groups excluding carboxylic acids is 1. The number of amides is 1. The first-order valence-electron chi connectivity index (χ1n) is 9.35. The lowest BCUT2D eigenvalue weighted by atomic mass is 9.94. The van der Waals surface area contributed by atoms with Crippen LogP contribution >= 0.6 is 24.8 Å². The lowest BCUT2D eigenvalue weighted by Crippen LogP contribution is -2.42. The third kappa shape index (κ3) is 6.45. The molecule has 0 aliphatic carbocycles. The largest absolute Gasteiger partial charge is 0.433 e. The number of ether oxygens (including phenoxy) is 1. The zero-order valence-electron chi connectivity index (χ0n) is 16.5. The quantitative estimate of drug-likeness (QED) is 0.649. The molecule has 166 valence electrons. The van der Waals surface area contributed by atoms with Gasteiger partial charge in [-0.2, -0.15) is 8.78 Å². The van der Waals surface area contributed by atoms with E-state index in [2.05, 4.69) is 10.1 Å². The third-order valence-electron chi connectivity index (χ3n) is 5.09. The van der Waals surface area contributed by atoms with Crippen LogP contribution in [0.25, 0.3) is 0 Å². The number of para-hydroxylation sites is 2. The van der Waals surface area contributed by atoms with Crippen LogP contribution in [0.5, 0.6) is 5.75 Å². The number of benzene rings is 2. The number of nitrogens with zero attached hydrogens (tertiary/aromatic N) is 1. The van der Waals surface area contributed by atoms with Gasteiger partial charge in [0.1, 0.15) is 5.75 Å². The Kier molecular flexibility index (Phi) is 10.3. The summed E-state index contributed by atoms with van der Waals surface area (Å²) in [7, 11) is 0. The van der Waals surface area contributed by atoms with Gasteiger partial charge in [0.2, 0.25) is 5.91 Å². The van der Waals surface area contributed by atoms with Crippen LogP contribution in [0.15, 0.2) is 54.6 Å². The maximum absolute atomic E-state index is 12.6. The molecule has 3 N–H and O–H groups in total.